The highest BCUT2D eigenvalue weighted by atomic mass is 15.0. The second-order valence-corrected chi connectivity index (χ2v) is 20.8. The first kappa shape index (κ1) is 46.2. The SMILES string of the molecule is CC1c2cc(-c3ccc(-c4nc(-c5cccc(-c6cc(-c7ccccc7)cc(-c7ccccc7)c6)c5)nc(-c5cccc(-c6cc(-c7ccccc7)cc(-c7ccccc7)c6)c5)n4)cn3)ccc2C(C)(C)C1(C)C. The van der Waals surface area contributed by atoms with Crippen molar-refractivity contribution < 1.29 is 0 Å². The molecule has 2 aromatic heterocycles. The Labute approximate surface area is 435 Å². The normalized spacial score (nSPS) is 14.4. The maximum atomic E-state index is 5.32. The van der Waals surface area contributed by atoms with E-state index < -0.39 is 0 Å². The molecule has 4 heteroatoms. The molecule has 0 fully saturated rings. The zero-order valence-electron chi connectivity index (χ0n) is 42.5. The first-order valence-electron chi connectivity index (χ1n) is 25.7. The molecule has 356 valence electrons. The van der Waals surface area contributed by atoms with E-state index in [9.17, 15) is 0 Å². The van der Waals surface area contributed by atoms with Crippen molar-refractivity contribution in [3.8, 4) is 112 Å². The van der Waals surface area contributed by atoms with Gasteiger partial charge in [0.25, 0.3) is 0 Å². The summed E-state index contributed by atoms with van der Waals surface area (Å²) in [4.78, 5) is 20.9. The third-order valence-corrected chi connectivity index (χ3v) is 16.0. The van der Waals surface area contributed by atoms with Crippen molar-refractivity contribution in [1.29, 1.82) is 0 Å². The topological polar surface area (TPSA) is 51.6 Å². The van der Waals surface area contributed by atoms with E-state index in [0.29, 0.717) is 23.4 Å². The second-order valence-electron chi connectivity index (χ2n) is 20.8. The molecule has 0 aliphatic heterocycles. The number of rotatable bonds is 10. The molecule has 1 unspecified atom stereocenters. The number of pyridine rings is 1. The van der Waals surface area contributed by atoms with Crippen LogP contribution in [0.4, 0.5) is 0 Å². The quantitative estimate of drug-likeness (QED) is 0.137. The van der Waals surface area contributed by atoms with Gasteiger partial charge in [-0.1, -0.05) is 204 Å². The Morgan fingerprint density at radius 3 is 1.03 bits per heavy atom. The maximum absolute atomic E-state index is 5.32. The smallest absolute Gasteiger partial charge is 0.165 e. The molecule has 0 bridgehead atoms. The Morgan fingerprint density at radius 2 is 0.635 bits per heavy atom. The minimum absolute atomic E-state index is 0.0688. The summed E-state index contributed by atoms with van der Waals surface area (Å²) in [7, 11) is 0. The standard InChI is InChI=1S/C70H56N4/c1-46-63-44-53(32-34-64(63)70(4,5)69(46,2)3)65-35-33-56(45-71-65)68-73-66(54-30-18-28-51(36-54)61-40-57(47-20-10-6-11-21-47)38-58(41-61)48-22-12-7-13-23-48)72-67(74-68)55-31-19-29-52(37-55)62-42-59(49-24-14-8-15-25-49)39-60(43-62)50-26-16-9-17-27-50/h6-46H,1-5H3. The third-order valence-electron chi connectivity index (χ3n) is 16.0. The summed E-state index contributed by atoms with van der Waals surface area (Å²) in [5.41, 5.74) is 21.3. The van der Waals surface area contributed by atoms with Gasteiger partial charge in [0, 0.05) is 28.5 Å². The monoisotopic (exact) mass is 952 g/mol. The van der Waals surface area contributed by atoms with Crippen LogP contribution in [-0.4, -0.2) is 19.9 Å². The average molecular weight is 953 g/mol. The fourth-order valence-corrected chi connectivity index (χ4v) is 10.8. The van der Waals surface area contributed by atoms with Crippen molar-refractivity contribution in [2.24, 2.45) is 5.41 Å². The van der Waals surface area contributed by atoms with E-state index >= 15 is 0 Å². The Hall–Kier alpha value is -8.86. The van der Waals surface area contributed by atoms with Crippen LogP contribution in [0.15, 0.2) is 243 Å². The van der Waals surface area contributed by atoms with E-state index in [4.69, 9.17) is 19.9 Å². The fourth-order valence-electron chi connectivity index (χ4n) is 10.8. The van der Waals surface area contributed by atoms with Crippen LogP contribution < -0.4 is 0 Å². The van der Waals surface area contributed by atoms with Gasteiger partial charge in [-0.3, -0.25) is 4.98 Å². The number of hydrogen-bond donors (Lipinski definition) is 0. The number of aromatic nitrogens is 4. The number of nitrogens with zero attached hydrogens (tertiary/aromatic N) is 4. The summed E-state index contributed by atoms with van der Waals surface area (Å²) in [6.07, 6.45) is 1.91. The predicted molar refractivity (Wildman–Crippen MR) is 307 cm³/mol. The molecule has 2 heterocycles. The van der Waals surface area contributed by atoms with Gasteiger partial charge in [-0.2, -0.15) is 0 Å². The molecule has 74 heavy (non-hydrogen) atoms. The highest BCUT2D eigenvalue weighted by Crippen LogP contribution is 2.58. The Bertz CT molecular complexity index is 3520. The van der Waals surface area contributed by atoms with Gasteiger partial charge in [0.05, 0.1) is 5.69 Å². The molecule has 1 atom stereocenters. The van der Waals surface area contributed by atoms with Crippen molar-refractivity contribution in [3.63, 3.8) is 0 Å². The summed E-state index contributed by atoms with van der Waals surface area (Å²) in [5.74, 6) is 2.14. The van der Waals surface area contributed by atoms with Crippen molar-refractivity contribution in [2.75, 3.05) is 0 Å². The van der Waals surface area contributed by atoms with Gasteiger partial charge in [0.1, 0.15) is 0 Å². The van der Waals surface area contributed by atoms with Gasteiger partial charge in [-0.25, -0.2) is 15.0 Å². The molecule has 12 rings (SSSR count). The van der Waals surface area contributed by atoms with Crippen LogP contribution in [0.2, 0.25) is 0 Å². The Kier molecular flexibility index (Phi) is 11.8. The van der Waals surface area contributed by atoms with E-state index in [1.54, 1.807) is 0 Å². The van der Waals surface area contributed by atoms with Crippen LogP contribution in [0.1, 0.15) is 51.7 Å². The summed E-state index contributed by atoms with van der Waals surface area (Å²) < 4.78 is 0. The molecule has 0 saturated carbocycles. The van der Waals surface area contributed by atoms with Crippen molar-refractivity contribution >= 4 is 0 Å². The Balaban J connectivity index is 0.976. The van der Waals surface area contributed by atoms with E-state index in [-0.39, 0.29) is 10.8 Å². The lowest BCUT2D eigenvalue weighted by Gasteiger charge is -2.38. The zero-order chi connectivity index (χ0) is 50.4. The summed E-state index contributed by atoms with van der Waals surface area (Å²) in [6.45, 7) is 11.9. The molecule has 0 radical (unpaired) electrons. The van der Waals surface area contributed by atoms with E-state index in [0.717, 1.165) is 94.7 Å². The molecule has 4 nitrogen and oxygen atoms in total. The third kappa shape index (κ3) is 8.73. The molecule has 9 aromatic carbocycles. The van der Waals surface area contributed by atoms with Crippen LogP contribution in [0.3, 0.4) is 0 Å². The second kappa shape index (κ2) is 19.0. The first-order chi connectivity index (χ1) is 36.1. The molecule has 0 saturated heterocycles. The van der Waals surface area contributed by atoms with Crippen LogP contribution in [0.25, 0.3) is 112 Å². The molecule has 1 aliphatic carbocycles. The molecule has 1 aliphatic rings. The first-order valence-corrected chi connectivity index (χ1v) is 25.7. The predicted octanol–water partition coefficient (Wildman–Crippen LogP) is 18.4. The largest absolute Gasteiger partial charge is 0.255 e. The van der Waals surface area contributed by atoms with Crippen LogP contribution >= 0.6 is 0 Å². The molecule has 0 N–H and O–H groups in total. The van der Waals surface area contributed by atoms with Crippen molar-refractivity contribution in [3.05, 3.63) is 254 Å². The Morgan fingerprint density at radius 1 is 0.297 bits per heavy atom. The maximum Gasteiger partial charge on any atom is 0.165 e. The van der Waals surface area contributed by atoms with E-state index in [2.05, 4.69) is 271 Å². The van der Waals surface area contributed by atoms with Crippen LogP contribution in [0, 0.1) is 5.41 Å². The lowest BCUT2D eigenvalue weighted by Crippen LogP contribution is -2.33. The van der Waals surface area contributed by atoms with Crippen LogP contribution in [0.5, 0.6) is 0 Å². The average Bonchev–Trinajstić information content (AvgIpc) is 3.61. The van der Waals surface area contributed by atoms with Crippen LogP contribution in [-0.2, 0) is 5.41 Å². The number of hydrogen-bond acceptors (Lipinski definition) is 4. The molecule has 0 spiro atoms. The number of fused-ring (bicyclic) bond motifs is 1. The lowest BCUT2D eigenvalue weighted by atomic mass is 9.65. The van der Waals surface area contributed by atoms with Crippen molar-refractivity contribution in [2.45, 2.75) is 46.0 Å². The fraction of sp³-hybridized carbons (Fsp3) is 0.114. The molecule has 0 amide bonds. The lowest BCUT2D eigenvalue weighted by molar-refractivity contribution is 0.190. The zero-order valence-corrected chi connectivity index (χ0v) is 42.5. The minimum atomic E-state index is 0.0688. The van der Waals surface area contributed by atoms with E-state index in [1.807, 2.05) is 6.20 Å². The molecular weight excluding hydrogens is 897 g/mol. The van der Waals surface area contributed by atoms with Gasteiger partial charge in [0.15, 0.2) is 17.5 Å². The van der Waals surface area contributed by atoms with Gasteiger partial charge >= 0.3 is 0 Å². The van der Waals surface area contributed by atoms with Crippen molar-refractivity contribution in [1.82, 2.24) is 19.9 Å². The van der Waals surface area contributed by atoms with Gasteiger partial charge in [-0.15, -0.1) is 0 Å². The van der Waals surface area contributed by atoms with Gasteiger partial charge in [0.2, 0.25) is 0 Å². The van der Waals surface area contributed by atoms with Gasteiger partial charge in [-0.05, 0) is 161 Å². The summed E-state index contributed by atoms with van der Waals surface area (Å²) in [5, 5.41) is 0. The minimum Gasteiger partial charge on any atom is -0.255 e. The summed E-state index contributed by atoms with van der Waals surface area (Å²) in [6, 6.07) is 84.3. The molecule has 11 aromatic rings. The van der Waals surface area contributed by atoms with Gasteiger partial charge < -0.3 is 0 Å². The number of benzene rings is 9. The highest BCUT2D eigenvalue weighted by Gasteiger charge is 2.50. The molecular formula is C70H56N4. The summed E-state index contributed by atoms with van der Waals surface area (Å²) >= 11 is 0. The highest BCUT2D eigenvalue weighted by molar-refractivity contribution is 5.85. The van der Waals surface area contributed by atoms with E-state index in [1.165, 1.54) is 11.1 Å².